The molecule has 0 saturated heterocycles. The normalized spacial score (nSPS) is 17.1. The minimum Gasteiger partial charge on any atom is -0.494 e. The third kappa shape index (κ3) is 9.77. The molecule has 180 valence electrons. The van der Waals surface area contributed by atoms with E-state index in [1.165, 1.54) is 44.9 Å². The van der Waals surface area contributed by atoms with E-state index in [1.54, 1.807) is 0 Å². The zero-order valence-corrected chi connectivity index (χ0v) is 19.0. The molecule has 2 rings (SSSR count). The third-order valence-electron chi connectivity index (χ3n) is 5.76. The van der Waals surface area contributed by atoms with E-state index in [0.717, 1.165) is 24.3 Å². The number of ether oxygens (including phenoxy) is 3. The molecule has 0 aromatic heterocycles. The topological polar surface area (TPSA) is 114 Å². The van der Waals surface area contributed by atoms with E-state index in [1.807, 2.05) is 24.3 Å². The van der Waals surface area contributed by atoms with E-state index in [9.17, 15) is 9.59 Å². The van der Waals surface area contributed by atoms with Gasteiger partial charge in [-0.15, -0.1) is 0 Å². The quantitative estimate of drug-likeness (QED) is 0.171. The summed E-state index contributed by atoms with van der Waals surface area (Å²) in [5.74, 6) is -0.788. The number of nitrogens with one attached hydrogen (secondary N) is 1. The maximum Gasteiger partial charge on any atom is 0.509 e. The molecule has 1 unspecified atom stereocenters. The summed E-state index contributed by atoms with van der Waals surface area (Å²) < 4.78 is 15.3. The minimum atomic E-state index is -1.64. The van der Waals surface area contributed by atoms with Gasteiger partial charge in [0.25, 0.3) is 5.79 Å². The number of carboxylic acid groups (broad SMARTS) is 2. The van der Waals surface area contributed by atoms with Gasteiger partial charge in [-0.05, 0) is 30.5 Å². The van der Waals surface area contributed by atoms with Crippen molar-refractivity contribution in [2.75, 3.05) is 6.61 Å². The standard InChI is InChI=1S/C24H37NO7/c1-2-3-4-5-6-7-8-9-16-30-21-12-10-19(11-13-21)18-25-20-14-15-24(17-20,31-22(26)27)32-23(28)29/h10-13,20,25H,2-9,14-18H2,1H3,(H,26,27)(H,28,29). The lowest BCUT2D eigenvalue weighted by molar-refractivity contribution is -0.177. The smallest absolute Gasteiger partial charge is 0.494 e. The Morgan fingerprint density at radius 3 is 2.16 bits per heavy atom. The van der Waals surface area contributed by atoms with Crippen molar-refractivity contribution in [1.82, 2.24) is 5.32 Å². The van der Waals surface area contributed by atoms with Crippen LogP contribution in [0.4, 0.5) is 9.59 Å². The Kier molecular flexibility index (Phi) is 11.1. The summed E-state index contributed by atoms with van der Waals surface area (Å²) in [5, 5.41) is 21.1. The summed E-state index contributed by atoms with van der Waals surface area (Å²) in [4.78, 5) is 21.8. The second kappa shape index (κ2) is 13.8. The van der Waals surface area contributed by atoms with Crippen molar-refractivity contribution in [3.05, 3.63) is 29.8 Å². The van der Waals surface area contributed by atoms with Crippen LogP contribution in [-0.2, 0) is 16.0 Å². The van der Waals surface area contributed by atoms with Crippen LogP contribution in [0, 0.1) is 0 Å². The zero-order valence-electron chi connectivity index (χ0n) is 19.0. The van der Waals surface area contributed by atoms with Crippen LogP contribution in [0.1, 0.15) is 83.1 Å². The highest BCUT2D eigenvalue weighted by molar-refractivity contribution is 5.60. The van der Waals surface area contributed by atoms with Crippen molar-refractivity contribution in [2.45, 2.75) is 95.9 Å². The Bertz CT molecular complexity index is 676. The highest BCUT2D eigenvalue weighted by atomic mass is 16.8. The number of carbonyl (C=O) groups is 2. The lowest BCUT2D eigenvalue weighted by Gasteiger charge is -2.26. The van der Waals surface area contributed by atoms with Crippen LogP contribution in [0.25, 0.3) is 0 Å². The number of hydrogen-bond acceptors (Lipinski definition) is 6. The average Bonchev–Trinajstić information content (AvgIpc) is 3.12. The van der Waals surface area contributed by atoms with Crippen LogP contribution < -0.4 is 10.1 Å². The Morgan fingerprint density at radius 2 is 1.56 bits per heavy atom. The predicted molar refractivity (Wildman–Crippen MR) is 120 cm³/mol. The van der Waals surface area contributed by atoms with E-state index >= 15 is 0 Å². The predicted octanol–water partition coefficient (Wildman–Crippen LogP) is 5.93. The fourth-order valence-electron chi connectivity index (χ4n) is 4.06. The molecule has 1 saturated carbocycles. The summed E-state index contributed by atoms with van der Waals surface area (Å²) in [5.41, 5.74) is 1.06. The van der Waals surface area contributed by atoms with Crippen molar-refractivity contribution in [1.29, 1.82) is 0 Å². The van der Waals surface area contributed by atoms with Gasteiger partial charge in [-0.3, -0.25) is 0 Å². The minimum absolute atomic E-state index is 0.105. The largest absolute Gasteiger partial charge is 0.509 e. The number of rotatable bonds is 15. The van der Waals surface area contributed by atoms with E-state index in [2.05, 4.69) is 12.2 Å². The first kappa shape index (κ1) is 25.8. The van der Waals surface area contributed by atoms with Gasteiger partial charge in [0.15, 0.2) is 0 Å². The molecule has 0 heterocycles. The molecule has 0 amide bonds. The Morgan fingerprint density at radius 1 is 0.969 bits per heavy atom. The molecule has 0 radical (unpaired) electrons. The van der Waals surface area contributed by atoms with Gasteiger partial charge < -0.3 is 29.7 Å². The summed E-state index contributed by atoms with van der Waals surface area (Å²) in [7, 11) is 0. The van der Waals surface area contributed by atoms with Gasteiger partial charge in [-0.2, -0.15) is 0 Å². The number of hydrogen-bond donors (Lipinski definition) is 3. The van der Waals surface area contributed by atoms with Crippen molar-refractivity contribution >= 4 is 12.3 Å². The van der Waals surface area contributed by atoms with Crippen molar-refractivity contribution in [3.8, 4) is 5.75 Å². The van der Waals surface area contributed by atoms with Gasteiger partial charge in [0, 0.05) is 25.4 Å². The van der Waals surface area contributed by atoms with Crippen molar-refractivity contribution < 1.29 is 34.0 Å². The lowest BCUT2D eigenvalue weighted by Crippen LogP contribution is -2.39. The molecule has 1 atom stereocenters. The van der Waals surface area contributed by atoms with Gasteiger partial charge in [0.1, 0.15) is 5.75 Å². The van der Waals surface area contributed by atoms with Crippen LogP contribution in [-0.4, -0.2) is 41.0 Å². The molecule has 0 aliphatic heterocycles. The molecule has 1 aromatic carbocycles. The van der Waals surface area contributed by atoms with Gasteiger partial charge in [-0.1, -0.05) is 64.0 Å². The first-order valence-electron chi connectivity index (χ1n) is 11.7. The summed E-state index contributed by atoms with van der Waals surface area (Å²) in [6.45, 7) is 3.53. The second-order valence-electron chi connectivity index (χ2n) is 8.43. The maximum atomic E-state index is 10.9. The Balaban J connectivity index is 1.64. The van der Waals surface area contributed by atoms with Crippen LogP contribution in [0.2, 0.25) is 0 Å². The molecular weight excluding hydrogens is 414 g/mol. The maximum absolute atomic E-state index is 10.9. The van der Waals surface area contributed by atoms with Crippen LogP contribution in [0.3, 0.4) is 0 Å². The Hall–Kier alpha value is -2.48. The monoisotopic (exact) mass is 451 g/mol. The SMILES string of the molecule is CCCCCCCCCCOc1ccc(CNC2CCC(OC(=O)O)(OC(=O)O)C2)cc1. The van der Waals surface area contributed by atoms with E-state index < -0.39 is 18.1 Å². The summed E-state index contributed by atoms with van der Waals surface area (Å²) in [6.07, 6.45) is 7.97. The van der Waals surface area contributed by atoms with Gasteiger partial charge in [0.2, 0.25) is 0 Å². The van der Waals surface area contributed by atoms with Crippen molar-refractivity contribution in [3.63, 3.8) is 0 Å². The molecule has 32 heavy (non-hydrogen) atoms. The Labute approximate surface area is 190 Å². The number of unbranched alkanes of at least 4 members (excludes halogenated alkanes) is 7. The molecular formula is C24H37NO7. The van der Waals surface area contributed by atoms with Gasteiger partial charge in [-0.25, -0.2) is 9.59 Å². The molecule has 0 spiro atoms. The number of benzene rings is 1. The molecule has 1 aliphatic carbocycles. The highest BCUT2D eigenvalue weighted by Crippen LogP contribution is 2.35. The molecule has 0 bridgehead atoms. The molecule has 1 aromatic rings. The molecule has 8 heteroatoms. The summed E-state index contributed by atoms with van der Waals surface area (Å²) in [6, 6.07) is 7.76. The zero-order chi connectivity index (χ0) is 23.2. The van der Waals surface area contributed by atoms with Gasteiger partial charge >= 0.3 is 12.3 Å². The molecule has 3 N–H and O–H groups in total. The van der Waals surface area contributed by atoms with Crippen LogP contribution in [0.5, 0.6) is 5.75 Å². The van der Waals surface area contributed by atoms with Crippen LogP contribution >= 0.6 is 0 Å². The molecule has 1 aliphatic rings. The first-order valence-corrected chi connectivity index (χ1v) is 11.7. The fourth-order valence-corrected chi connectivity index (χ4v) is 4.06. The molecule has 1 fully saturated rings. The first-order chi connectivity index (χ1) is 15.4. The van der Waals surface area contributed by atoms with Crippen molar-refractivity contribution in [2.24, 2.45) is 0 Å². The van der Waals surface area contributed by atoms with E-state index in [0.29, 0.717) is 13.0 Å². The average molecular weight is 452 g/mol. The highest BCUT2D eigenvalue weighted by Gasteiger charge is 2.46. The second-order valence-corrected chi connectivity index (χ2v) is 8.43. The fraction of sp³-hybridized carbons (Fsp3) is 0.667. The van der Waals surface area contributed by atoms with Crippen LogP contribution in [0.15, 0.2) is 24.3 Å². The lowest BCUT2D eigenvalue weighted by atomic mass is 10.1. The van der Waals surface area contributed by atoms with E-state index in [4.69, 9.17) is 24.4 Å². The van der Waals surface area contributed by atoms with Gasteiger partial charge in [0.05, 0.1) is 6.61 Å². The summed E-state index contributed by atoms with van der Waals surface area (Å²) >= 11 is 0. The molecule has 8 nitrogen and oxygen atoms in total. The van der Waals surface area contributed by atoms with E-state index in [-0.39, 0.29) is 18.9 Å². The third-order valence-corrected chi connectivity index (χ3v) is 5.76.